The van der Waals surface area contributed by atoms with Gasteiger partial charge in [-0.05, 0) is 30.7 Å². The van der Waals surface area contributed by atoms with Crippen LogP contribution in [0.5, 0.6) is 0 Å². The number of sulfonamides is 1. The average molecular weight is 501 g/mol. The van der Waals surface area contributed by atoms with Gasteiger partial charge in [0.15, 0.2) is 0 Å². The Morgan fingerprint density at radius 3 is 2.85 bits per heavy atom. The number of halogens is 3. The molecule has 0 saturated carbocycles. The Labute approximate surface area is 194 Å². The topological polar surface area (TPSA) is 126 Å². The molecule has 1 atom stereocenters. The van der Waals surface area contributed by atoms with E-state index in [0.29, 0.717) is 17.6 Å². The van der Waals surface area contributed by atoms with E-state index in [2.05, 4.69) is 25.9 Å². The molecular formula is C20H23F3N6O4S. The van der Waals surface area contributed by atoms with Crippen molar-refractivity contribution in [2.75, 3.05) is 47.9 Å². The Morgan fingerprint density at radius 2 is 2.12 bits per heavy atom. The van der Waals surface area contributed by atoms with Crippen molar-refractivity contribution >= 4 is 39.1 Å². The van der Waals surface area contributed by atoms with Crippen molar-refractivity contribution in [1.29, 1.82) is 0 Å². The molecule has 0 radical (unpaired) electrons. The highest BCUT2D eigenvalue weighted by Crippen LogP contribution is 2.34. The van der Waals surface area contributed by atoms with Crippen molar-refractivity contribution in [3.8, 4) is 0 Å². The molecule has 1 aromatic carbocycles. The monoisotopic (exact) mass is 500 g/mol. The van der Waals surface area contributed by atoms with Crippen LogP contribution in [-0.4, -0.2) is 66.7 Å². The molecule has 1 unspecified atom stereocenters. The lowest BCUT2D eigenvalue weighted by Crippen LogP contribution is -2.48. The predicted octanol–water partition coefficient (Wildman–Crippen LogP) is 2.20. The number of nitrogens with zero attached hydrogens (tertiary/aromatic N) is 3. The van der Waals surface area contributed by atoms with E-state index in [1.807, 2.05) is 0 Å². The second kappa shape index (κ2) is 9.35. The maximum atomic E-state index is 13.5. The van der Waals surface area contributed by atoms with Gasteiger partial charge in [-0.2, -0.15) is 22.5 Å². The number of morpholine rings is 1. The zero-order chi connectivity index (χ0) is 24.5. The van der Waals surface area contributed by atoms with Crippen LogP contribution in [0.3, 0.4) is 0 Å². The lowest BCUT2D eigenvalue weighted by Gasteiger charge is -2.32. The number of benzene rings is 1. The molecule has 2 aliphatic heterocycles. The van der Waals surface area contributed by atoms with Crippen molar-refractivity contribution in [2.24, 2.45) is 0 Å². The summed E-state index contributed by atoms with van der Waals surface area (Å²) in [5.74, 6) is -0.742. The Hall–Kier alpha value is -2.97. The van der Waals surface area contributed by atoms with E-state index in [4.69, 9.17) is 4.74 Å². The Balaban J connectivity index is 1.50. The molecule has 2 aromatic rings. The van der Waals surface area contributed by atoms with Gasteiger partial charge in [-0.25, -0.2) is 13.4 Å². The maximum Gasteiger partial charge on any atom is 0.421 e. The summed E-state index contributed by atoms with van der Waals surface area (Å²) >= 11 is 0. The molecule has 0 spiro atoms. The molecule has 10 nitrogen and oxygen atoms in total. The summed E-state index contributed by atoms with van der Waals surface area (Å²) in [4.78, 5) is 19.3. The second-order valence-corrected chi connectivity index (χ2v) is 10.1. The van der Waals surface area contributed by atoms with Gasteiger partial charge in [-0.15, -0.1) is 0 Å². The van der Waals surface area contributed by atoms with E-state index in [1.165, 1.54) is 11.2 Å². The van der Waals surface area contributed by atoms with Gasteiger partial charge in [0.1, 0.15) is 11.4 Å². The van der Waals surface area contributed by atoms with Crippen molar-refractivity contribution in [3.63, 3.8) is 0 Å². The molecule has 14 heteroatoms. The van der Waals surface area contributed by atoms with Crippen LogP contribution in [0, 0.1) is 0 Å². The van der Waals surface area contributed by atoms with Gasteiger partial charge in [0.25, 0.3) is 0 Å². The summed E-state index contributed by atoms with van der Waals surface area (Å²) in [5, 5.41) is 8.19. The zero-order valence-corrected chi connectivity index (χ0v) is 19.0. The van der Waals surface area contributed by atoms with Crippen molar-refractivity contribution < 1.29 is 31.1 Å². The summed E-state index contributed by atoms with van der Waals surface area (Å²) < 4.78 is 71.6. The number of carbonyl (C=O) groups is 1. The number of fused-ring (bicyclic) bond motifs is 1. The molecule has 3 heterocycles. The van der Waals surface area contributed by atoms with Gasteiger partial charge in [0, 0.05) is 37.2 Å². The summed E-state index contributed by atoms with van der Waals surface area (Å²) in [7, 11) is -3.43. The second-order valence-electron chi connectivity index (χ2n) is 7.81. The summed E-state index contributed by atoms with van der Waals surface area (Å²) in [6.07, 6.45) is -4.47. The number of aromatic nitrogens is 2. The third-order valence-electron chi connectivity index (χ3n) is 5.44. The first-order valence-corrected chi connectivity index (χ1v) is 12.1. The van der Waals surface area contributed by atoms with Gasteiger partial charge in [-0.1, -0.05) is 0 Å². The largest absolute Gasteiger partial charge is 0.421 e. The lowest BCUT2D eigenvalue weighted by molar-refractivity contribution is -0.137. The SMILES string of the molecule is CCS(=O)(=O)N1CCOC(CNc2nc(Nc3ccc4c(c3)CC(=O)N4)ncc2C(F)(F)F)C1. The Kier molecular flexibility index (Phi) is 6.64. The average Bonchev–Trinajstić information content (AvgIpc) is 3.16. The molecule has 34 heavy (non-hydrogen) atoms. The number of amides is 1. The number of alkyl halides is 3. The number of hydrogen-bond donors (Lipinski definition) is 3. The third kappa shape index (κ3) is 5.39. The molecule has 4 rings (SSSR count). The number of carbonyl (C=O) groups excluding carboxylic acids is 1. The molecule has 1 amide bonds. The van der Waals surface area contributed by atoms with E-state index >= 15 is 0 Å². The minimum atomic E-state index is -4.70. The molecule has 3 N–H and O–H groups in total. The normalized spacial score (nSPS) is 18.9. The highest BCUT2D eigenvalue weighted by Gasteiger charge is 2.36. The predicted molar refractivity (Wildman–Crippen MR) is 118 cm³/mol. The van der Waals surface area contributed by atoms with E-state index in [9.17, 15) is 26.4 Å². The first kappa shape index (κ1) is 24.2. The van der Waals surface area contributed by atoms with Crippen LogP contribution in [0.4, 0.5) is 36.3 Å². The van der Waals surface area contributed by atoms with E-state index < -0.39 is 33.7 Å². The molecule has 1 aromatic heterocycles. The van der Waals surface area contributed by atoms with Gasteiger partial charge < -0.3 is 20.7 Å². The first-order chi connectivity index (χ1) is 16.0. The Bertz CT molecular complexity index is 1190. The van der Waals surface area contributed by atoms with Gasteiger partial charge in [0.05, 0.1) is 24.9 Å². The highest BCUT2D eigenvalue weighted by atomic mass is 32.2. The molecule has 1 saturated heterocycles. The molecule has 1 fully saturated rings. The van der Waals surface area contributed by atoms with Gasteiger partial charge >= 0.3 is 6.18 Å². The number of nitrogens with one attached hydrogen (secondary N) is 3. The summed E-state index contributed by atoms with van der Waals surface area (Å²) in [6, 6.07) is 5.03. The fourth-order valence-electron chi connectivity index (χ4n) is 3.68. The quantitative estimate of drug-likeness (QED) is 0.529. The van der Waals surface area contributed by atoms with Crippen LogP contribution in [0.1, 0.15) is 18.1 Å². The van der Waals surface area contributed by atoms with Gasteiger partial charge in [-0.3, -0.25) is 4.79 Å². The summed E-state index contributed by atoms with van der Waals surface area (Å²) in [5.41, 5.74) is 0.881. The molecule has 2 aliphatic rings. The lowest BCUT2D eigenvalue weighted by atomic mass is 10.1. The van der Waals surface area contributed by atoms with Crippen molar-refractivity contribution in [3.05, 3.63) is 35.5 Å². The van der Waals surface area contributed by atoms with Crippen LogP contribution in [0.25, 0.3) is 0 Å². The smallest absolute Gasteiger partial charge is 0.374 e. The summed E-state index contributed by atoms with van der Waals surface area (Å²) in [6.45, 7) is 1.82. The van der Waals surface area contributed by atoms with Crippen molar-refractivity contribution in [1.82, 2.24) is 14.3 Å². The minimum absolute atomic E-state index is 0.0304. The van der Waals surface area contributed by atoms with E-state index in [1.54, 1.807) is 18.2 Å². The fourth-order valence-corrected chi connectivity index (χ4v) is 4.79. The maximum absolute atomic E-state index is 13.5. The number of hydrogen-bond acceptors (Lipinski definition) is 8. The molecular weight excluding hydrogens is 477 g/mol. The highest BCUT2D eigenvalue weighted by molar-refractivity contribution is 7.89. The zero-order valence-electron chi connectivity index (χ0n) is 18.1. The minimum Gasteiger partial charge on any atom is -0.374 e. The van der Waals surface area contributed by atoms with Crippen LogP contribution in [0.2, 0.25) is 0 Å². The van der Waals surface area contributed by atoms with Crippen molar-refractivity contribution in [2.45, 2.75) is 25.6 Å². The third-order valence-corrected chi connectivity index (χ3v) is 7.29. The standard InChI is InChI=1S/C20H23F3N6O4S/c1-2-34(31,32)29-5-6-33-14(11-29)9-24-18-15(20(21,22)23)10-25-19(28-18)26-13-3-4-16-12(7-13)8-17(30)27-16/h3-4,7,10,14H,2,5-6,8-9,11H2,1H3,(H,27,30)(H2,24,25,26,28). The molecule has 0 bridgehead atoms. The first-order valence-electron chi connectivity index (χ1n) is 10.5. The van der Waals surface area contributed by atoms with Crippen LogP contribution in [-0.2, 0) is 32.2 Å². The number of rotatable bonds is 7. The number of ether oxygens (including phenoxy) is 1. The van der Waals surface area contributed by atoms with Crippen LogP contribution in [0.15, 0.2) is 24.4 Å². The molecule has 0 aliphatic carbocycles. The van der Waals surface area contributed by atoms with Crippen LogP contribution < -0.4 is 16.0 Å². The fraction of sp³-hybridized carbons (Fsp3) is 0.450. The Morgan fingerprint density at radius 1 is 1.32 bits per heavy atom. The molecule has 184 valence electrons. The van der Waals surface area contributed by atoms with Gasteiger partial charge in [0.2, 0.25) is 21.9 Å². The number of anilines is 4. The van der Waals surface area contributed by atoms with E-state index in [-0.39, 0.29) is 50.3 Å². The van der Waals surface area contributed by atoms with E-state index in [0.717, 1.165) is 5.56 Å². The van der Waals surface area contributed by atoms with Crippen LogP contribution >= 0.6 is 0 Å².